The van der Waals surface area contributed by atoms with Crippen LogP contribution in [0.25, 0.3) is 63.7 Å². The summed E-state index contributed by atoms with van der Waals surface area (Å²) in [5, 5.41) is 9.88. The van der Waals surface area contributed by atoms with E-state index in [1.54, 1.807) is 0 Å². The molecule has 2 aromatic heterocycles. The zero-order valence-corrected chi connectivity index (χ0v) is 24.9. The summed E-state index contributed by atoms with van der Waals surface area (Å²) in [6.07, 6.45) is 0. The van der Waals surface area contributed by atoms with Crippen molar-refractivity contribution in [2.75, 3.05) is 4.90 Å². The summed E-state index contributed by atoms with van der Waals surface area (Å²) >= 11 is 1.86. The molecule has 0 radical (unpaired) electrons. The van der Waals surface area contributed by atoms with E-state index in [9.17, 15) is 0 Å². The van der Waals surface area contributed by atoms with E-state index in [-0.39, 0.29) is 0 Å². The van der Waals surface area contributed by atoms with Gasteiger partial charge in [-0.25, -0.2) is 4.98 Å². The predicted octanol–water partition coefficient (Wildman–Crippen LogP) is 12.2. The highest BCUT2D eigenvalue weighted by molar-refractivity contribution is 7.26. The first-order chi connectivity index (χ1) is 22.3. The Morgan fingerprint density at radius 2 is 1.11 bits per heavy atom. The van der Waals surface area contributed by atoms with Gasteiger partial charge in [-0.1, -0.05) is 97.1 Å². The van der Waals surface area contributed by atoms with Gasteiger partial charge in [-0.3, -0.25) is 4.90 Å². The lowest BCUT2D eigenvalue weighted by Crippen LogP contribution is -2.17. The Morgan fingerprint density at radius 3 is 1.91 bits per heavy atom. The van der Waals surface area contributed by atoms with Crippen LogP contribution in [0.15, 0.2) is 146 Å². The number of aromatic nitrogens is 1. The van der Waals surface area contributed by atoms with E-state index in [0.29, 0.717) is 0 Å². The number of benzene rings is 7. The number of ether oxygens (including phenoxy) is 1. The van der Waals surface area contributed by atoms with Gasteiger partial charge in [0.25, 0.3) is 0 Å². The quantitative estimate of drug-likeness (QED) is 0.200. The van der Waals surface area contributed by atoms with Gasteiger partial charge >= 0.3 is 0 Å². The van der Waals surface area contributed by atoms with Gasteiger partial charge < -0.3 is 4.74 Å². The Hall–Kier alpha value is -5.71. The van der Waals surface area contributed by atoms with Crippen LogP contribution in [0.3, 0.4) is 0 Å². The number of thiophene rings is 1. The number of rotatable bonds is 2. The van der Waals surface area contributed by atoms with Crippen molar-refractivity contribution in [1.82, 2.24) is 4.98 Å². The first-order valence-corrected chi connectivity index (χ1v) is 15.9. The van der Waals surface area contributed by atoms with Crippen LogP contribution in [0.5, 0.6) is 11.5 Å². The molecule has 210 valence electrons. The largest absolute Gasteiger partial charge is 0.453 e. The molecule has 0 fully saturated rings. The van der Waals surface area contributed by atoms with Gasteiger partial charge in [-0.2, -0.15) is 0 Å². The summed E-state index contributed by atoms with van der Waals surface area (Å²) in [6, 6.07) is 51.7. The highest BCUT2D eigenvalue weighted by Crippen LogP contribution is 2.51. The Morgan fingerprint density at radius 1 is 0.489 bits per heavy atom. The summed E-state index contributed by atoms with van der Waals surface area (Å²) in [5.74, 6) is 2.49. The van der Waals surface area contributed by atoms with E-state index in [1.165, 1.54) is 47.1 Å². The van der Waals surface area contributed by atoms with E-state index in [0.717, 1.165) is 45.3 Å². The maximum atomic E-state index is 6.38. The third kappa shape index (κ3) is 3.67. The van der Waals surface area contributed by atoms with Gasteiger partial charge in [0.1, 0.15) is 5.82 Å². The number of hydrogen-bond acceptors (Lipinski definition) is 4. The summed E-state index contributed by atoms with van der Waals surface area (Å²) in [6.45, 7) is 0. The molecule has 0 spiro atoms. The normalized spacial score (nSPS) is 12.6. The zero-order chi connectivity index (χ0) is 29.5. The molecular weight excluding hydrogens is 569 g/mol. The smallest absolute Gasteiger partial charge is 0.151 e. The van der Waals surface area contributed by atoms with Gasteiger partial charge in [-0.15, -0.1) is 11.3 Å². The molecule has 9 aromatic rings. The Bertz CT molecular complexity index is 2610. The average Bonchev–Trinajstić information content (AvgIpc) is 3.50. The van der Waals surface area contributed by atoms with Crippen molar-refractivity contribution in [3.05, 3.63) is 146 Å². The maximum absolute atomic E-state index is 6.38. The van der Waals surface area contributed by atoms with Crippen molar-refractivity contribution >= 4 is 81.0 Å². The van der Waals surface area contributed by atoms with Crippen LogP contribution in [0.4, 0.5) is 17.2 Å². The highest BCUT2D eigenvalue weighted by atomic mass is 32.1. The average molecular weight is 593 g/mol. The third-order valence-corrected chi connectivity index (χ3v) is 10.1. The summed E-state index contributed by atoms with van der Waals surface area (Å²) in [4.78, 5) is 7.76. The first-order valence-electron chi connectivity index (χ1n) is 15.1. The molecule has 0 saturated heterocycles. The second-order valence-corrected chi connectivity index (χ2v) is 12.6. The lowest BCUT2D eigenvalue weighted by Gasteiger charge is -2.32. The number of anilines is 3. The number of para-hydroxylation sites is 4. The van der Waals surface area contributed by atoms with Crippen molar-refractivity contribution in [1.29, 1.82) is 0 Å². The number of pyridine rings is 1. The second-order valence-electron chi connectivity index (χ2n) is 11.6. The van der Waals surface area contributed by atoms with E-state index in [2.05, 4.69) is 126 Å². The molecule has 0 atom stereocenters. The SMILES string of the molecule is c1ccc2c(c1)Oc1ccccc1N2c1cc2c(ccc3sc4ccc5ccccc5c4c32)c(-c2ccc3ccccc3c2)n1. The molecule has 45 heavy (non-hydrogen) atoms. The van der Waals surface area contributed by atoms with Crippen LogP contribution in [-0.2, 0) is 0 Å². The maximum Gasteiger partial charge on any atom is 0.151 e. The molecule has 0 amide bonds. The summed E-state index contributed by atoms with van der Waals surface area (Å²) < 4.78 is 8.95. The molecule has 1 aliphatic heterocycles. The topological polar surface area (TPSA) is 25.4 Å². The molecule has 3 nitrogen and oxygen atoms in total. The molecule has 4 heteroatoms. The Kier molecular flexibility index (Phi) is 5.16. The number of fused-ring (bicyclic) bond motifs is 10. The molecule has 0 N–H and O–H groups in total. The minimum atomic E-state index is 0.815. The molecular formula is C41H24N2OS. The van der Waals surface area contributed by atoms with E-state index < -0.39 is 0 Å². The minimum Gasteiger partial charge on any atom is -0.453 e. The first kappa shape index (κ1) is 24.7. The molecule has 0 saturated carbocycles. The molecule has 3 heterocycles. The summed E-state index contributed by atoms with van der Waals surface area (Å²) in [5.41, 5.74) is 4.01. The fourth-order valence-electron chi connectivity index (χ4n) is 6.97. The molecule has 10 rings (SSSR count). The monoisotopic (exact) mass is 592 g/mol. The number of hydrogen-bond donors (Lipinski definition) is 0. The third-order valence-electron chi connectivity index (χ3n) is 9.01. The standard InChI is InChI=1S/C41H24N2OS/c1-2-11-27-23-28(18-17-25(27)9-1)41-30-20-22-37-40(39-29-12-4-3-10-26(29)19-21-36(39)45-37)31(30)24-38(42-41)43-32-13-5-7-15-34(32)44-35-16-8-6-14-33(35)43/h1-24H. The van der Waals surface area contributed by atoms with Crippen LogP contribution in [0.2, 0.25) is 0 Å². The second kappa shape index (κ2) is 9.39. The van der Waals surface area contributed by atoms with Crippen LogP contribution in [-0.4, -0.2) is 4.98 Å². The van der Waals surface area contributed by atoms with Crippen molar-refractivity contribution in [3.63, 3.8) is 0 Å². The molecule has 0 bridgehead atoms. The van der Waals surface area contributed by atoms with Crippen LogP contribution >= 0.6 is 11.3 Å². The van der Waals surface area contributed by atoms with Gasteiger partial charge in [0.15, 0.2) is 11.5 Å². The number of nitrogens with zero attached hydrogens (tertiary/aromatic N) is 2. The van der Waals surface area contributed by atoms with Crippen LogP contribution in [0, 0.1) is 0 Å². The zero-order valence-electron chi connectivity index (χ0n) is 24.1. The van der Waals surface area contributed by atoms with E-state index in [4.69, 9.17) is 9.72 Å². The molecule has 0 aliphatic carbocycles. The van der Waals surface area contributed by atoms with E-state index >= 15 is 0 Å². The predicted molar refractivity (Wildman–Crippen MR) is 190 cm³/mol. The van der Waals surface area contributed by atoms with Crippen molar-refractivity contribution in [3.8, 4) is 22.8 Å². The van der Waals surface area contributed by atoms with E-state index in [1.807, 2.05) is 35.6 Å². The molecule has 1 aliphatic rings. The Labute approximate surface area is 263 Å². The fraction of sp³-hybridized carbons (Fsp3) is 0. The van der Waals surface area contributed by atoms with Gasteiger partial charge in [0.2, 0.25) is 0 Å². The highest BCUT2D eigenvalue weighted by Gasteiger charge is 2.28. The molecule has 0 unspecified atom stereocenters. The van der Waals surface area contributed by atoms with Crippen LogP contribution < -0.4 is 9.64 Å². The molecule has 7 aromatic carbocycles. The van der Waals surface area contributed by atoms with Gasteiger partial charge in [0, 0.05) is 31.1 Å². The van der Waals surface area contributed by atoms with Crippen molar-refractivity contribution in [2.45, 2.75) is 0 Å². The Balaban J connectivity index is 1.36. The van der Waals surface area contributed by atoms with Crippen molar-refractivity contribution < 1.29 is 4.74 Å². The minimum absolute atomic E-state index is 0.815. The summed E-state index contributed by atoms with van der Waals surface area (Å²) in [7, 11) is 0. The van der Waals surface area contributed by atoms with Gasteiger partial charge in [-0.05, 0) is 75.5 Å². The lowest BCUT2D eigenvalue weighted by atomic mass is 9.96. The van der Waals surface area contributed by atoms with Crippen LogP contribution in [0.1, 0.15) is 0 Å². The fourth-order valence-corrected chi connectivity index (χ4v) is 8.11. The van der Waals surface area contributed by atoms with Crippen molar-refractivity contribution in [2.24, 2.45) is 0 Å². The lowest BCUT2D eigenvalue weighted by molar-refractivity contribution is 0.476. The van der Waals surface area contributed by atoms with Gasteiger partial charge in [0.05, 0.1) is 17.1 Å².